The first-order valence-corrected chi connectivity index (χ1v) is 8.71. The maximum atomic E-state index is 12.1. The lowest BCUT2D eigenvalue weighted by Gasteiger charge is -2.08. The van der Waals surface area contributed by atoms with Crippen molar-refractivity contribution in [1.82, 2.24) is 5.32 Å². The number of nitrogens with one attached hydrogen (secondary N) is 1. The van der Waals surface area contributed by atoms with E-state index in [0.29, 0.717) is 16.5 Å². The van der Waals surface area contributed by atoms with Gasteiger partial charge >= 0.3 is 0 Å². The monoisotopic (exact) mass is 364 g/mol. The minimum atomic E-state index is -0.484. The van der Waals surface area contributed by atoms with Crippen molar-refractivity contribution >= 4 is 35.0 Å². The van der Waals surface area contributed by atoms with E-state index < -0.39 is 4.92 Å². The number of hydrogen-bond acceptors (Lipinski definition) is 4. The van der Waals surface area contributed by atoms with Crippen LogP contribution in [0.1, 0.15) is 30.1 Å². The Morgan fingerprint density at radius 3 is 2.67 bits per heavy atom. The molecule has 0 saturated heterocycles. The van der Waals surface area contributed by atoms with Gasteiger partial charge in [0.25, 0.3) is 11.6 Å². The van der Waals surface area contributed by atoms with E-state index in [2.05, 4.69) is 5.32 Å². The zero-order valence-electron chi connectivity index (χ0n) is 13.1. The molecule has 5 nitrogen and oxygen atoms in total. The van der Waals surface area contributed by atoms with Crippen molar-refractivity contribution in [3.05, 3.63) is 63.2 Å². The highest BCUT2D eigenvalue weighted by Crippen LogP contribution is 2.38. The molecule has 0 heterocycles. The van der Waals surface area contributed by atoms with Gasteiger partial charge in [0.1, 0.15) is 0 Å². The fraction of sp³-hybridized carbons (Fsp3) is 0.235. The van der Waals surface area contributed by atoms with Crippen molar-refractivity contribution in [1.29, 1.82) is 0 Å². The Morgan fingerprint density at radius 2 is 2.00 bits per heavy atom. The van der Waals surface area contributed by atoms with Crippen LogP contribution in [-0.4, -0.2) is 17.4 Å². The van der Waals surface area contributed by atoms with E-state index in [1.165, 1.54) is 17.8 Å². The van der Waals surface area contributed by atoms with Crippen LogP contribution >= 0.6 is 23.4 Å². The number of nitro benzene ring substituents is 1. The van der Waals surface area contributed by atoms with Crippen LogP contribution in [-0.2, 0) is 0 Å². The highest BCUT2D eigenvalue weighted by Gasteiger charge is 2.19. The molecule has 126 valence electrons. The van der Waals surface area contributed by atoms with Crippen LogP contribution in [0.2, 0.25) is 5.02 Å². The third kappa shape index (κ3) is 4.72. The van der Waals surface area contributed by atoms with Crippen LogP contribution < -0.4 is 5.32 Å². The van der Waals surface area contributed by atoms with Gasteiger partial charge < -0.3 is 5.32 Å². The minimum Gasteiger partial charge on any atom is -0.352 e. The fourth-order valence-electron chi connectivity index (χ4n) is 2.01. The Bertz CT molecular complexity index is 752. The van der Waals surface area contributed by atoms with Gasteiger partial charge in [-0.05, 0) is 30.7 Å². The lowest BCUT2D eigenvalue weighted by atomic mass is 10.2. The van der Waals surface area contributed by atoms with E-state index in [-0.39, 0.29) is 17.2 Å². The summed E-state index contributed by atoms with van der Waals surface area (Å²) in [7, 11) is 0. The summed E-state index contributed by atoms with van der Waals surface area (Å²) in [6.45, 7) is 2.58. The van der Waals surface area contributed by atoms with Crippen molar-refractivity contribution in [2.45, 2.75) is 29.6 Å². The van der Waals surface area contributed by atoms with Crippen molar-refractivity contribution in [2.24, 2.45) is 0 Å². The van der Waals surface area contributed by atoms with Crippen molar-refractivity contribution in [2.75, 3.05) is 6.54 Å². The number of halogens is 1. The van der Waals surface area contributed by atoms with E-state index in [1.807, 2.05) is 13.0 Å². The van der Waals surface area contributed by atoms with Gasteiger partial charge in [-0.3, -0.25) is 14.9 Å². The van der Waals surface area contributed by atoms with Gasteiger partial charge in [-0.2, -0.15) is 0 Å². The summed E-state index contributed by atoms with van der Waals surface area (Å²) in [6.07, 6.45) is 1.84. The zero-order chi connectivity index (χ0) is 17.5. The van der Waals surface area contributed by atoms with E-state index in [9.17, 15) is 14.9 Å². The molecule has 0 unspecified atom stereocenters. The SMILES string of the molecule is CCCCNC(=O)c1ccc(Sc2ccccc2Cl)c([N+](=O)[O-])c1. The number of rotatable bonds is 7. The maximum Gasteiger partial charge on any atom is 0.284 e. The normalized spacial score (nSPS) is 10.4. The minimum absolute atomic E-state index is 0.108. The summed E-state index contributed by atoms with van der Waals surface area (Å²) in [6, 6.07) is 11.6. The molecule has 0 aliphatic carbocycles. The molecule has 2 aromatic rings. The highest BCUT2D eigenvalue weighted by atomic mass is 35.5. The molecule has 0 aromatic heterocycles. The van der Waals surface area contributed by atoms with Crippen LogP contribution in [0.15, 0.2) is 52.3 Å². The molecule has 2 rings (SSSR count). The van der Waals surface area contributed by atoms with Gasteiger partial charge in [-0.1, -0.05) is 48.8 Å². The largest absolute Gasteiger partial charge is 0.352 e. The van der Waals surface area contributed by atoms with Crippen LogP contribution in [0.5, 0.6) is 0 Å². The van der Waals surface area contributed by atoms with Crippen LogP contribution in [0.25, 0.3) is 0 Å². The Balaban J connectivity index is 2.25. The van der Waals surface area contributed by atoms with E-state index >= 15 is 0 Å². The average molecular weight is 365 g/mol. The summed E-state index contributed by atoms with van der Waals surface area (Å²) in [5.41, 5.74) is 0.171. The zero-order valence-corrected chi connectivity index (χ0v) is 14.7. The summed E-state index contributed by atoms with van der Waals surface area (Å²) in [5.74, 6) is -0.305. The highest BCUT2D eigenvalue weighted by molar-refractivity contribution is 7.99. The van der Waals surface area contributed by atoms with Crippen LogP contribution in [0, 0.1) is 10.1 Å². The quantitative estimate of drug-likeness (QED) is 0.429. The third-order valence-electron chi connectivity index (χ3n) is 3.29. The Kier molecular flexibility index (Phi) is 6.63. The van der Waals surface area contributed by atoms with Gasteiger partial charge in [0.2, 0.25) is 0 Å². The molecule has 0 radical (unpaired) electrons. The van der Waals surface area contributed by atoms with E-state index in [0.717, 1.165) is 17.7 Å². The van der Waals surface area contributed by atoms with Crippen molar-refractivity contribution in [3.63, 3.8) is 0 Å². The number of nitrogens with zero attached hydrogens (tertiary/aromatic N) is 1. The molecule has 24 heavy (non-hydrogen) atoms. The molecule has 0 spiro atoms. The summed E-state index contributed by atoms with van der Waals surface area (Å²) < 4.78 is 0. The topological polar surface area (TPSA) is 72.2 Å². The van der Waals surface area contributed by atoms with Gasteiger partial charge in [-0.25, -0.2) is 0 Å². The molecule has 0 fully saturated rings. The second-order valence-electron chi connectivity index (χ2n) is 5.08. The molecular weight excluding hydrogens is 348 g/mol. The molecule has 2 aromatic carbocycles. The number of benzene rings is 2. The summed E-state index contributed by atoms with van der Waals surface area (Å²) >= 11 is 7.31. The Labute approximate surface area is 149 Å². The van der Waals surface area contributed by atoms with Crippen molar-refractivity contribution < 1.29 is 9.72 Å². The number of carbonyl (C=O) groups excluding carboxylic acids is 1. The first-order valence-electron chi connectivity index (χ1n) is 7.52. The smallest absolute Gasteiger partial charge is 0.284 e. The summed E-state index contributed by atoms with van der Waals surface area (Å²) in [5, 5.41) is 14.6. The van der Waals surface area contributed by atoms with Gasteiger partial charge in [0.15, 0.2) is 0 Å². The molecule has 0 aliphatic rings. The molecule has 1 N–H and O–H groups in total. The Hall–Kier alpha value is -2.05. The van der Waals surface area contributed by atoms with Crippen LogP contribution in [0.3, 0.4) is 0 Å². The first-order chi connectivity index (χ1) is 11.5. The fourth-order valence-corrected chi connectivity index (χ4v) is 3.19. The maximum absolute atomic E-state index is 12.1. The van der Waals surface area contributed by atoms with Gasteiger partial charge in [0, 0.05) is 23.1 Å². The molecule has 7 heteroatoms. The summed E-state index contributed by atoms with van der Waals surface area (Å²) in [4.78, 5) is 24.1. The van der Waals surface area contributed by atoms with E-state index in [1.54, 1.807) is 30.3 Å². The lowest BCUT2D eigenvalue weighted by molar-refractivity contribution is -0.387. The first kappa shape index (κ1) is 18.3. The second kappa shape index (κ2) is 8.70. The predicted octanol–water partition coefficient (Wildman–Crippen LogP) is 4.93. The number of unbranched alkanes of at least 4 members (excludes halogenated alkanes) is 1. The molecule has 0 atom stereocenters. The molecule has 0 bridgehead atoms. The Morgan fingerprint density at radius 1 is 1.25 bits per heavy atom. The average Bonchev–Trinajstić information content (AvgIpc) is 2.57. The molecular formula is C17H17ClN2O3S. The molecule has 1 amide bonds. The third-order valence-corrected chi connectivity index (χ3v) is 4.87. The van der Waals surface area contributed by atoms with Crippen LogP contribution in [0.4, 0.5) is 5.69 Å². The molecule has 0 aliphatic heterocycles. The predicted molar refractivity (Wildman–Crippen MR) is 95.9 cm³/mol. The second-order valence-corrected chi connectivity index (χ2v) is 6.57. The number of carbonyl (C=O) groups is 1. The van der Waals surface area contributed by atoms with Gasteiger partial charge in [-0.15, -0.1) is 0 Å². The number of hydrogen-bond donors (Lipinski definition) is 1. The standard InChI is InChI=1S/C17H17ClN2O3S/c1-2-3-10-19-17(21)12-8-9-16(14(11-12)20(22)23)24-15-7-5-4-6-13(15)18/h4-9,11H,2-3,10H2,1H3,(H,19,21). The van der Waals surface area contributed by atoms with Crippen molar-refractivity contribution in [3.8, 4) is 0 Å². The van der Waals surface area contributed by atoms with Gasteiger partial charge in [0.05, 0.1) is 14.8 Å². The molecule has 0 saturated carbocycles. The lowest BCUT2D eigenvalue weighted by Crippen LogP contribution is -2.24. The number of amides is 1. The van der Waals surface area contributed by atoms with E-state index in [4.69, 9.17) is 11.6 Å². The number of nitro groups is 1.